The summed E-state index contributed by atoms with van der Waals surface area (Å²) < 4.78 is 39.8. The first-order valence-electron chi connectivity index (χ1n) is 6.46. The quantitative estimate of drug-likeness (QED) is 0.858. The van der Waals surface area contributed by atoms with Gasteiger partial charge in [0, 0.05) is 26.3 Å². The molecule has 5 nitrogen and oxygen atoms in total. The Hall–Kier alpha value is -1.83. The number of hydrogen-bond acceptors (Lipinski definition) is 3. The second kappa shape index (κ2) is 5.51. The Labute approximate surface area is 119 Å². The van der Waals surface area contributed by atoms with E-state index in [2.05, 4.69) is 10.6 Å². The van der Waals surface area contributed by atoms with E-state index in [9.17, 15) is 22.8 Å². The molecule has 0 aliphatic carbocycles. The molecule has 1 aliphatic rings. The third kappa shape index (κ3) is 3.10. The van der Waals surface area contributed by atoms with Crippen LogP contribution in [0.2, 0.25) is 0 Å². The highest BCUT2D eigenvalue weighted by atomic mass is 19.4. The summed E-state index contributed by atoms with van der Waals surface area (Å²) in [6, 6.07) is 1.62. The van der Waals surface area contributed by atoms with E-state index in [4.69, 9.17) is 0 Å². The van der Waals surface area contributed by atoms with Crippen LogP contribution in [0.5, 0.6) is 0 Å². The third-order valence-electron chi connectivity index (χ3n) is 3.70. The van der Waals surface area contributed by atoms with Crippen LogP contribution in [0.25, 0.3) is 0 Å². The van der Waals surface area contributed by atoms with Crippen molar-refractivity contribution < 1.29 is 18.0 Å². The zero-order chi connectivity index (χ0) is 15.8. The fourth-order valence-corrected chi connectivity index (χ4v) is 2.39. The number of alkyl halides is 3. The lowest BCUT2D eigenvalue weighted by Crippen LogP contribution is -2.38. The minimum Gasteiger partial charge on any atom is -0.321 e. The van der Waals surface area contributed by atoms with Gasteiger partial charge in [0.25, 0.3) is 5.56 Å². The van der Waals surface area contributed by atoms with Crippen LogP contribution in [-0.2, 0) is 11.8 Å². The Bertz CT molecular complexity index is 610. The van der Waals surface area contributed by atoms with Gasteiger partial charge in [-0.2, -0.15) is 13.2 Å². The highest BCUT2D eigenvalue weighted by Crippen LogP contribution is 2.34. The standard InChI is InChI=1S/C13H16F3N3O2/c1-7-3-4-19(2)12(21)10(7)18-11(20)8-5-17-6-9(8)13(14,15)16/h3-4,8-9,17H,5-6H2,1-2H3,(H,18,20)/t8-,9-/m1/s1. The topological polar surface area (TPSA) is 63.1 Å². The van der Waals surface area contributed by atoms with E-state index in [1.165, 1.54) is 17.8 Å². The molecule has 1 aromatic rings. The number of nitrogens with one attached hydrogen (secondary N) is 2. The van der Waals surface area contributed by atoms with Crippen LogP contribution < -0.4 is 16.2 Å². The zero-order valence-corrected chi connectivity index (χ0v) is 11.6. The molecule has 0 bridgehead atoms. The van der Waals surface area contributed by atoms with Crippen molar-refractivity contribution in [2.45, 2.75) is 13.1 Å². The van der Waals surface area contributed by atoms with Crippen LogP contribution in [0.15, 0.2) is 17.1 Å². The first-order chi connectivity index (χ1) is 9.71. The Morgan fingerprint density at radius 2 is 2.10 bits per heavy atom. The molecule has 1 amide bonds. The Morgan fingerprint density at radius 3 is 2.71 bits per heavy atom. The van der Waals surface area contributed by atoms with Crippen LogP contribution in [0.1, 0.15) is 5.56 Å². The van der Waals surface area contributed by atoms with Gasteiger partial charge in [0.05, 0.1) is 11.8 Å². The molecule has 0 spiro atoms. The normalized spacial score (nSPS) is 22.3. The van der Waals surface area contributed by atoms with Crippen molar-refractivity contribution in [1.82, 2.24) is 9.88 Å². The van der Waals surface area contributed by atoms with Crippen LogP contribution in [0.3, 0.4) is 0 Å². The summed E-state index contributed by atoms with van der Waals surface area (Å²) in [5.74, 6) is -3.74. The molecule has 2 rings (SSSR count). The fraction of sp³-hybridized carbons (Fsp3) is 0.538. The van der Waals surface area contributed by atoms with Gasteiger partial charge in [-0.3, -0.25) is 9.59 Å². The van der Waals surface area contributed by atoms with Crippen molar-refractivity contribution in [3.05, 3.63) is 28.2 Å². The van der Waals surface area contributed by atoms with Crippen molar-refractivity contribution in [2.75, 3.05) is 18.4 Å². The van der Waals surface area contributed by atoms with E-state index in [-0.39, 0.29) is 18.8 Å². The molecule has 116 valence electrons. The van der Waals surface area contributed by atoms with Gasteiger partial charge in [-0.05, 0) is 18.6 Å². The molecule has 0 radical (unpaired) electrons. The van der Waals surface area contributed by atoms with Gasteiger partial charge in [-0.1, -0.05) is 0 Å². The van der Waals surface area contributed by atoms with Gasteiger partial charge in [0.1, 0.15) is 5.69 Å². The van der Waals surface area contributed by atoms with E-state index in [1.54, 1.807) is 13.0 Å². The maximum Gasteiger partial charge on any atom is 0.393 e. The lowest BCUT2D eigenvalue weighted by atomic mass is 9.94. The molecule has 21 heavy (non-hydrogen) atoms. The first-order valence-corrected chi connectivity index (χ1v) is 6.46. The highest BCUT2D eigenvalue weighted by molar-refractivity contribution is 5.93. The Balaban J connectivity index is 2.23. The number of anilines is 1. The fourth-order valence-electron chi connectivity index (χ4n) is 2.39. The van der Waals surface area contributed by atoms with Crippen LogP contribution in [0.4, 0.5) is 18.9 Å². The van der Waals surface area contributed by atoms with Gasteiger partial charge in [-0.25, -0.2) is 0 Å². The molecule has 0 saturated carbocycles. The summed E-state index contributed by atoms with van der Waals surface area (Å²) in [7, 11) is 1.51. The lowest BCUT2D eigenvalue weighted by molar-refractivity contribution is -0.181. The molecular formula is C13H16F3N3O2. The molecule has 2 atom stereocenters. The summed E-state index contributed by atoms with van der Waals surface area (Å²) in [6.07, 6.45) is -2.91. The number of amides is 1. The van der Waals surface area contributed by atoms with Gasteiger partial charge in [0.2, 0.25) is 5.91 Å². The van der Waals surface area contributed by atoms with Crippen molar-refractivity contribution in [3.8, 4) is 0 Å². The van der Waals surface area contributed by atoms with Crippen LogP contribution >= 0.6 is 0 Å². The number of aryl methyl sites for hydroxylation is 2. The molecular weight excluding hydrogens is 287 g/mol. The van der Waals surface area contributed by atoms with Gasteiger partial charge < -0.3 is 15.2 Å². The monoisotopic (exact) mass is 303 g/mol. The number of hydrogen-bond donors (Lipinski definition) is 2. The van der Waals surface area contributed by atoms with Gasteiger partial charge >= 0.3 is 6.18 Å². The maximum absolute atomic E-state index is 12.8. The predicted molar refractivity (Wildman–Crippen MR) is 71.0 cm³/mol. The maximum atomic E-state index is 12.8. The van der Waals surface area contributed by atoms with E-state index in [0.717, 1.165) is 0 Å². The zero-order valence-electron chi connectivity index (χ0n) is 11.6. The molecule has 2 N–H and O–H groups in total. The second-order valence-electron chi connectivity index (χ2n) is 5.19. The van der Waals surface area contributed by atoms with E-state index in [0.29, 0.717) is 5.56 Å². The molecule has 8 heteroatoms. The van der Waals surface area contributed by atoms with Gasteiger partial charge in [0.15, 0.2) is 0 Å². The molecule has 2 heterocycles. The van der Waals surface area contributed by atoms with Gasteiger partial charge in [-0.15, -0.1) is 0 Å². The summed E-state index contributed by atoms with van der Waals surface area (Å²) in [4.78, 5) is 24.0. The summed E-state index contributed by atoms with van der Waals surface area (Å²) in [6.45, 7) is 1.28. The largest absolute Gasteiger partial charge is 0.393 e. The van der Waals surface area contributed by atoms with E-state index >= 15 is 0 Å². The Morgan fingerprint density at radius 1 is 1.43 bits per heavy atom. The van der Waals surface area contributed by atoms with E-state index < -0.39 is 29.5 Å². The average Bonchev–Trinajstić information content (AvgIpc) is 2.88. The molecule has 1 saturated heterocycles. The first kappa shape index (κ1) is 15.6. The summed E-state index contributed by atoms with van der Waals surface area (Å²) in [5, 5.41) is 4.92. The number of carbonyl (C=O) groups is 1. The van der Waals surface area contributed by atoms with Crippen LogP contribution in [-0.4, -0.2) is 29.7 Å². The van der Waals surface area contributed by atoms with Crippen molar-refractivity contribution in [3.63, 3.8) is 0 Å². The smallest absolute Gasteiger partial charge is 0.321 e. The number of halogens is 3. The van der Waals surface area contributed by atoms with Crippen molar-refractivity contribution >= 4 is 11.6 Å². The summed E-state index contributed by atoms with van der Waals surface area (Å²) >= 11 is 0. The number of pyridine rings is 1. The van der Waals surface area contributed by atoms with Crippen molar-refractivity contribution in [1.29, 1.82) is 0 Å². The highest BCUT2D eigenvalue weighted by Gasteiger charge is 2.49. The number of aromatic nitrogens is 1. The van der Waals surface area contributed by atoms with E-state index in [1.807, 2.05) is 0 Å². The minimum atomic E-state index is -4.44. The van der Waals surface area contributed by atoms with Crippen molar-refractivity contribution in [2.24, 2.45) is 18.9 Å². The molecule has 1 fully saturated rings. The summed E-state index contributed by atoms with van der Waals surface area (Å²) in [5.41, 5.74) is 0.0941. The third-order valence-corrected chi connectivity index (χ3v) is 3.70. The number of carbonyl (C=O) groups excluding carboxylic acids is 1. The SMILES string of the molecule is Cc1ccn(C)c(=O)c1NC(=O)[C@@H]1CNC[C@H]1C(F)(F)F. The molecule has 1 aromatic heterocycles. The number of nitrogens with zero attached hydrogens (tertiary/aromatic N) is 1. The Kier molecular flexibility index (Phi) is 4.08. The lowest BCUT2D eigenvalue weighted by Gasteiger charge is -2.21. The predicted octanol–water partition coefficient (Wildman–Crippen LogP) is 1.03. The van der Waals surface area contributed by atoms with Crippen LogP contribution in [0, 0.1) is 18.8 Å². The molecule has 0 unspecified atom stereocenters. The minimum absolute atomic E-state index is 0.0258. The second-order valence-corrected chi connectivity index (χ2v) is 5.19. The number of rotatable bonds is 2. The molecule has 0 aromatic carbocycles. The average molecular weight is 303 g/mol. The molecule has 1 aliphatic heterocycles.